The van der Waals surface area contributed by atoms with Gasteiger partial charge in [0.25, 0.3) is 5.91 Å². The third kappa shape index (κ3) is 6.15. The van der Waals surface area contributed by atoms with Gasteiger partial charge in [-0.05, 0) is 67.9 Å². The van der Waals surface area contributed by atoms with E-state index in [1.807, 2.05) is 0 Å². The topological polar surface area (TPSA) is 77.8 Å². The molecule has 0 aliphatic heterocycles. The molecule has 162 valence electrons. The van der Waals surface area contributed by atoms with E-state index in [1.54, 1.807) is 25.1 Å². The van der Waals surface area contributed by atoms with Crippen LogP contribution in [0.2, 0.25) is 0 Å². The molecule has 0 spiro atoms. The lowest BCUT2D eigenvalue weighted by atomic mass is 10.1. The number of ether oxygens (including phenoxy) is 2. The first-order valence-electron chi connectivity index (χ1n) is 9.55. The van der Waals surface area contributed by atoms with Crippen molar-refractivity contribution in [2.45, 2.75) is 32.6 Å². The molecule has 0 saturated heterocycles. The molecule has 0 saturated carbocycles. The normalized spacial score (nSPS) is 12.6. The minimum absolute atomic E-state index is 0.0319. The summed E-state index contributed by atoms with van der Waals surface area (Å²) in [6, 6.07) is 13.8. The Balaban J connectivity index is 1.50. The van der Waals surface area contributed by atoms with Gasteiger partial charge in [0.05, 0.1) is 6.04 Å². The summed E-state index contributed by atoms with van der Waals surface area (Å²) in [5.74, 6) is -1.32. The fourth-order valence-electron chi connectivity index (χ4n) is 2.69. The van der Waals surface area contributed by atoms with Crippen LogP contribution in [0.1, 0.15) is 41.8 Å². The largest absolute Gasteiger partial charge is 0.486 e. The number of hydrogen-bond acceptors (Lipinski definition) is 5. The molecule has 0 aliphatic rings. The van der Waals surface area contributed by atoms with Crippen LogP contribution in [0, 0.1) is 11.6 Å². The van der Waals surface area contributed by atoms with Gasteiger partial charge in [-0.1, -0.05) is 12.1 Å². The zero-order valence-electron chi connectivity index (χ0n) is 16.9. The third-order valence-corrected chi connectivity index (χ3v) is 4.44. The maximum absolute atomic E-state index is 13.0. The quantitative estimate of drug-likeness (QED) is 0.531. The molecule has 1 aromatic heterocycles. The van der Waals surface area contributed by atoms with Gasteiger partial charge in [0.2, 0.25) is 5.76 Å². The van der Waals surface area contributed by atoms with Crippen molar-refractivity contribution in [3.8, 4) is 5.75 Å². The number of carbonyl (C=O) groups excluding carboxylic acids is 2. The fraction of sp³-hybridized carbons (Fsp3) is 0.217. The van der Waals surface area contributed by atoms with E-state index in [0.29, 0.717) is 17.1 Å². The van der Waals surface area contributed by atoms with Crippen molar-refractivity contribution < 1.29 is 32.3 Å². The Morgan fingerprint density at radius 1 is 0.935 bits per heavy atom. The monoisotopic (exact) mass is 429 g/mol. The molecule has 2 unspecified atom stereocenters. The van der Waals surface area contributed by atoms with E-state index in [2.05, 4.69) is 5.32 Å². The number of benzene rings is 2. The van der Waals surface area contributed by atoms with E-state index in [4.69, 9.17) is 13.9 Å². The molecule has 2 aromatic carbocycles. The predicted octanol–water partition coefficient (Wildman–Crippen LogP) is 4.56. The standard InChI is InChI=1S/C23H21F2NO5/c1-14(16-3-5-17(24)6-4-16)26-22(27)15(2)30-23(28)21-12-11-20(31-21)13-29-19-9-7-18(25)8-10-19/h3-12,14-15H,13H2,1-2H3,(H,26,27). The van der Waals surface area contributed by atoms with Crippen LogP contribution >= 0.6 is 0 Å². The van der Waals surface area contributed by atoms with Crippen LogP contribution < -0.4 is 10.1 Å². The molecule has 2 atom stereocenters. The van der Waals surface area contributed by atoms with Crippen LogP contribution in [-0.2, 0) is 16.1 Å². The highest BCUT2D eigenvalue weighted by Gasteiger charge is 2.22. The smallest absolute Gasteiger partial charge is 0.375 e. The maximum atomic E-state index is 13.0. The average molecular weight is 429 g/mol. The molecule has 1 amide bonds. The zero-order chi connectivity index (χ0) is 22.4. The molecular formula is C23H21F2NO5. The minimum Gasteiger partial charge on any atom is -0.486 e. The maximum Gasteiger partial charge on any atom is 0.375 e. The van der Waals surface area contributed by atoms with E-state index >= 15 is 0 Å². The lowest BCUT2D eigenvalue weighted by molar-refractivity contribution is -0.129. The lowest BCUT2D eigenvalue weighted by Crippen LogP contribution is -2.37. The highest BCUT2D eigenvalue weighted by atomic mass is 19.1. The molecule has 31 heavy (non-hydrogen) atoms. The van der Waals surface area contributed by atoms with Gasteiger partial charge in [-0.15, -0.1) is 0 Å². The fourth-order valence-corrected chi connectivity index (χ4v) is 2.69. The van der Waals surface area contributed by atoms with Gasteiger partial charge in [0.1, 0.15) is 29.8 Å². The van der Waals surface area contributed by atoms with Crippen LogP contribution in [0.4, 0.5) is 8.78 Å². The van der Waals surface area contributed by atoms with Gasteiger partial charge >= 0.3 is 5.97 Å². The number of nitrogens with one attached hydrogen (secondary N) is 1. The molecule has 1 heterocycles. The van der Waals surface area contributed by atoms with Gasteiger partial charge in [-0.2, -0.15) is 0 Å². The van der Waals surface area contributed by atoms with Crippen molar-refractivity contribution in [3.63, 3.8) is 0 Å². The second kappa shape index (κ2) is 9.88. The first kappa shape index (κ1) is 22.0. The van der Waals surface area contributed by atoms with E-state index in [1.165, 1.54) is 49.4 Å². The summed E-state index contributed by atoms with van der Waals surface area (Å²) in [5, 5.41) is 2.70. The second-order valence-corrected chi connectivity index (χ2v) is 6.84. The molecule has 1 N–H and O–H groups in total. The Labute approximate surface area is 177 Å². The van der Waals surface area contributed by atoms with Crippen molar-refractivity contribution >= 4 is 11.9 Å². The van der Waals surface area contributed by atoms with Crippen LogP contribution in [-0.4, -0.2) is 18.0 Å². The van der Waals surface area contributed by atoms with E-state index < -0.39 is 24.0 Å². The van der Waals surface area contributed by atoms with E-state index in [-0.39, 0.29) is 24.0 Å². The summed E-state index contributed by atoms with van der Waals surface area (Å²) in [5.41, 5.74) is 0.713. The van der Waals surface area contributed by atoms with E-state index in [9.17, 15) is 18.4 Å². The molecule has 3 aromatic rings. The summed E-state index contributed by atoms with van der Waals surface area (Å²) in [7, 11) is 0. The number of carbonyl (C=O) groups is 2. The van der Waals surface area contributed by atoms with Crippen LogP contribution in [0.15, 0.2) is 65.1 Å². The number of esters is 1. The van der Waals surface area contributed by atoms with Gasteiger partial charge < -0.3 is 19.2 Å². The Kier molecular flexibility index (Phi) is 7.02. The summed E-state index contributed by atoms with van der Waals surface area (Å²) in [6.07, 6.45) is -1.07. The van der Waals surface area contributed by atoms with Gasteiger partial charge in [0, 0.05) is 0 Å². The first-order chi connectivity index (χ1) is 14.8. The van der Waals surface area contributed by atoms with E-state index in [0.717, 1.165) is 0 Å². The SMILES string of the molecule is CC(OC(=O)c1ccc(COc2ccc(F)cc2)o1)C(=O)NC(C)c1ccc(F)cc1. The zero-order valence-corrected chi connectivity index (χ0v) is 16.9. The minimum atomic E-state index is -1.07. The highest BCUT2D eigenvalue weighted by molar-refractivity contribution is 5.90. The second-order valence-electron chi connectivity index (χ2n) is 6.84. The van der Waals surface area contributed by atoms with Crippen LogP contribution in [0.5, 0.6) is 5.75 Å². The Bertz CT molecular complexity index is 1030. The van der Waals surface area contributed by atoms with Gasteiger partial charge in [0.15, 0.2) is 6.10 Å². The number of amides is 1. The van der Waals surface area contributed by atoms with Crippen molar-refractivity contribution in [2.75, 3.05) is 0 Å². The predicted molar refractivity (Wildman–Crippen MR) is 107 cm³/mol. The molecule has 0 bridgehead atoms. The molecule has 8 heteroatoms. The van der Waals surface area contributed by atoms with Crippen molar-refractivity contribution in [3.05, 3.63) is 89.4 Å². The molecule has 6 nitrogen and oxygen atoms in total. The molecule has 0 fully saturated rings. The summed E-state index contributed by atoms with van der Waals surface area (Å²) in [4.78, 5) is 24.6. The molecule has 0 radical (unpaired) electrons. The number of furan rings is 1. The number of hydrogen-bond donors (Lipinski definition) is 1. The first-order valence-corrected chi connectivity index (χ1v) is 9.55. The van der Waals surface area contributed by atoms with Crippen molar-refractivity contribution in [2.24, 2.45) is 0 Å². The molecule has 3 rings (SSSR count). The Morgan fingerprint density at radius 3 is 2.19 bits per heavy atom. The van der Waals surface area contributed by atoms with Crippen LogP contribution in [0.3, 0.4) is 0 Å². The highest BCUT2D eigenvalue weighted by Crippen LogP contribution is 2.17. The van der Waals surface area contributed by atoms with Gasteiger partial charge in [-0.3, -0.25) is 4.79 Å². The number of rotatable bonds is 8. The summed E-state index contributed by atoms with van der Waals surface area (Å²) >= 11 is 0. The summed E-state index contributed by atoms with van der Waals surface area (Å²) < 4.78 is 41.9. The summed E-state index contributed by atoms with van der Waals surface area (Å²) in [6.45, 7) is 3.20. The third-order valence-electron chi connectivity index (χ3n) is 4.44. The molecule has 0 aliphatic carbocycles. The van der Waals surface area contributed by atoms with Gasteiger partial charge in [-0.25, -0.2) is 13.6 Å². The van der Waals surface area contributed by atoms with Crippen molar-refractivity contribution in [1.29, 1.82) is 0 Å². The average Bonchev–Trinajstić information content (AvgIpc) is 3.23. The van der Waals surface area contributed by atoms with Crippen LogP contribution in [0.25, 0.3) is 0 Å². The Morgan fingerprint density at radius 2 is 1.55 bits per heavy atom. The van der Waals surface area contributed by atoms with Crippen molar-refractivity contribution in [1.82, 2.24) is 5.32 Å². The Hall–Kier alpha value is -3.68. The number of halogens is 2. The lowest BCUT2D eigenvalue weighted by Gasteiger charge is -2.18. The molecular weight excluding hydrogens is 408 g/mol.